The molecule has 1 aromatic rings. The molecule has 0 saturated carbocycles. The topological polar surface area (TPSA) is 43.4 Å². The first kappa shape index (κ1) is 16.2. The fraction of sp³-hybridized carbons (Fsp3) is 0.562. The highest BCUT2D eigenvalue weighted by Gasteiger charge is 2.49. The third-order valence-corrected chi connectivity index (χ3v) is 4.43. The Bertz CT molecular complexity index is 513. The summed E-state index contributed by atoms with van der Waals surface area (Å²) in [6, 6.07) is 4.40. The fourth-order valence-corrected chi connectivity index (χ4v) is 2.14. The van der Waals surface area contributed by atoms with Crippen molar-refractivity contribution >= 4 is 13.2 Å². The summed E-state index contributed by atoms with van der Waals surface area (Å²) in [5, 5.41) is 3.23. The molecule has 0 radical (unpaired) electrons. The van der Waals surface area contributed by atoms with Crippen molar-refractivity contribution in [2.75, 3.05) is 7.05 Å². The van der Waals surface area contributed by atoms with Gasteiger partial charge in [0.25, 0.3) is 0 Å². The predicted molar refractivity (Wildman–Crippen MR) is 86.8 cm³/mol. The van der Waals surface area contributed by atoms with Gasteiger partial charge in [0.15, 0.2) is 0 Å². The van der Waals surface area contributed by atoms with Crippen molar-refractivity contribution in [3.8, 4) is 0 Å². The van der Waals surface area contributed by atoms with Crippen LogP contribution in [-0.2, 0) is 9.31 Å². The standard InChI is InChI=1S/C16H25BN2O2/c1-12(18-6)13-8-10-19-14(11-13)7-9-17-20-15(2,3)16(4,5)21-17/h7-12,18H,1-6H3/b9-7+/t12-/m0/s1. The second-order valence-electron chi connectivity index (χ2n) is 6.51. The summed E-state index contributed by atoms with van der Waals surface area (Å²) in [4.78, 5) is 4.36. The highest BCUT2D eigenvalue weighted by Crippen LogP contribution is 2.36. The van der Waals surface area contributed by atoms with Crippen molar-refractivity contribution in [2.45, 2.75) is 51.9 Å². The summed E-state index contributed by atoms with van der Waals surface area (Å²) in [6.45, 7) is 10.3. The molecule has 2 heterocycles. The van der Waals surface area contributed by atoms with E-state index in [1.54, 1.807) is 0 Å². The minimum atomic E-state index is -0.331. The monoisotopic (exact) mass is 288 g/mol. The smallest absolute Gasteiger partial charge is 0.400 e. The van der Waals surface area contributed by atoms with Crippen LogP contribution < -0.4 is 5.32 Å². The molecule has 21 heavy (non-hydrogen) atoms. The summed E-state index contributed by atoms with van der Waals surface area (Å²) >= 11 is 0. The third-order valence-electron chi connectivity index (χ3n) is 4.43. The van der Waals surface area contributed by atoms with E-state index < -0.39 is 0 Å². The van der Waals surface area contributed by atoms with Crippen LogP contribution in [0.15, 0.2) is 24.3 Å². The normalized spacial score (nSPS) is 21.9. The molecule has 1 saturated heterocycles. The van der Waals surface area contributed by atoms with Gasteiger partial charge in [-0.3, -0.25) is 4.98 Å². The van der Waals surface area contributed by atoms with Gasteiger partial charge in [-0.15, -0.1) is 0 Å². The molecule has 4 nitrogen and oxygen atoms in total. The van der Waals surface area contributed by atoms with Gasteiger partial charge in [-0.25, -0.2) is 0 Å². The van der Waals surface area contributed by atoms with Gasteiger partial charge in [0.1, 0.15) is 0 Å². The zero-order valence-electron chi connectivity index (χ0n) is 13.8. The molecule has 1 aliphatic heterocycles. The Balaban J connectivity index is 2.09. The average molecular weight is 288 g/mol. The molecule has 114 valence electrons. The van der Waals surface area contributed by atoms with Gasteiger partial charge in [0.05, 0.1) is 16.9 Å². The predicted octanol–water partition coefficient (Wildman–Crippen LogP) is 3.01. The van der Waals surface area contributed by atoms with Crippen molar-refractivity contribution in [1.82, 2.24) is 10.3 Å². The van der Waals surface area contributed by atoms with Crippen LogP contribution in [0.5, 0.6) is 0 Å². The molecule has 0 amide bonds. The molecule has 1 aromatic heterocycles. The molecule has 1 atom stereocenters. The van der Waals surface area contributed by atoms with E-state index in [0.29, 0.717) is 6.04 Å². The van der Waals surface area contributed by atoms with Crippen LogP contribution in [0.25, 0.3) is 6.08 Å². The van der Waals surface area contributed by atoms with Crippen LogP contribution >= 0.6 is 0 Å². The summed E-state index contributed by atoms with van der Waals surface area (Å²) < 4.78 is 11.9. The minimum absolute atomic E-state index is 0.303. The molecule has 0 aliphatic carbocycles. The number of pyridine rings is 1. The maximum atomic E-state index is 5.94. The van der Waals surface area contributed by atoms with Crippen LogP contribution in [-0.4, -0.2) is 30.4 Å². The first-order valence-electron chi connectivity index (χ1n) is 7.42. The summed E-state index contributed by atoms with van der Waals surface area (Å²) in [5.41, 5.74) is 1.50. The summed E-state index contributed by atoms with van der Waals surface area (Å²) in [6.07, 6.45) is 3.78. The summed E-state index contributed by atoms with van der Waals surface area (Å²) in [7, 11) is 1.62. The number of nitrogens with one attached hydrogen (secondary N) is 1. The molecule has 2 rings (SSSR count). The number of rotatable bonds is 4. The van der Waals surface area contributed by atoms with Crippen LogP contribution in [0.2, 0.25) is 0 Å². The quantitative estimate of drug-likeness (QED) is 0.865. The molecule has 0 spiro atoms. The van der Waals surface area contributed by atoms with E-state index in [4.69, 9.17) is 9.31 Å². The largest absolute Gasteiger partial charge is 0.487 e. The lowest BCUT2D eigenvalue weighted by Gasteiger charge is -2.32. The maximum Gasteiger partial charge on any atom is 0.487 e. The molecular weight excluding hydrogens is 263 g/mol. The molecule has 0 aromatic carbocycles. The lowest BCUT2D eigenvalue weighted by molar-refractivity contribution is 0.00578. The highest BCUT2D eigenvalue weighted by molar-refractivity contribution is 6.52. The Morgan fingerprint density at radius 3 is 2.43 bits per heavy atom. The lowest BCUT2D eigenvalue weighted by Crippen LogP contribution is -2.41. The molecule has 5 heteroatoms. The number of hydrogen-bond acceptors (Lipinski definition) is 4. The van der Waals surface area contributed by atoms with Crippen molar-refractivity contribution in [2.24, 2.45) is 0 Å². The molecule has 1 N–H and O–H groups in total. The van der Waals surface area contributed by atoms with E-state index >= 15 is 0 Å². The van der Waals surface area contributed by atoms with Gasteiger partial charge < -0.3 is 14.6 Å². The first-order valence-corrected chi connectivity index (χ1v) is 7.42. The van der Waals surface area contributed by atoms with Crippen LogP contribution in [0.3, 0.4) is 0 Å². The van der Waals surface area contributed by atoms with E-state index in [1.165, 1.54) is 5.56 Å². The Kier molecular flexibility index (Phi) is 4.56. The summed E-state index contributed by atoms with van der Waals surface area (Å²) in [5.74, 6) is 1.92. The van der Waals surface area contributed by atoms with E-state index in [1.807, 2.05) is 59.1 Å². The third kappa shape index (κ3) is 3.54. The number of nitrogens with zero attached hydrogens (tertiary/aromatic N) is 1. The van der Waals surface area contributed by atoms with E-state index in [0.717, 1.165) is 5.69 Å². The van der Waals surface area contributed by atoms with E-state index in [2.05, 4.69) is 23.3 Å². The van der Waals surface area contributed by atoms with Crippen molar-refractivity contribution in [1.29, 1.82) is 0 Å². The van der Waals surface area contributed by atoms with Gasteiger partial charge in [0.2, 0.25) is 0 Å². The molecule has 1 fully saturated rings. The minimum Gasteiger partial charge on any atom is -0.400 e. The molecule has 0 unspecified atom stereocenters. The number of hydrogen-bond donors (Lipinski definition) is 1. The Hall–Kier alpha value is -1.17. The molecule has 1 aliphatic rings. The first-order chi connectivity index (χ1) is 9.75. The zero-order chi connectivity index (χ0) is 15.7. The Morgan fingerprint density at radius 1 is 1.24 bits per heavy atom. The van der Waals surface area contributed by atoms with E-state index in [-0.39, 0.29) is 18.3 Å². The van der Waals surface area contributed by atoms with Gasteiger partial charge in [0, 0.05) is 12.2 Å². The zero-order valence-corrected chi connectivity index (χ0v) is 13.8. The lowest BCUT2D eigenvalue weighted by atomic mass is 9.89. The Morgan fingerprint density at radius 2 is 1.86 bits per heavy atom. The fourth-order valence-electron chi connectivity index (χ4n) is 2.14. The van der Waals surface area contributed by atoms with Crippen LogP contribution in [0, 0.1) is 0 Å². The highest BCUT2D eigenvalue weighted by atomic mass is 16.7. The van der Waals surface area contributed by atoms with Crippen molar-refractivity contribution in [3.63, 3.8) is 0 Å². The molecule has 0 bridgehead atoms. The SMILES string of the molecule is CN[C@@H](C)c1ccnc(/C=C/B2OC(C)(C)C(C)(C)O2)c1. The van der Waals surface area contributed by atoms with Gasteiger partial charge in [-0.2, -0.15) is 0 Å². The number of aromatic nitrogens is 1. The maximum absolute atomic E-state index is 5.94. The average Bonchev–Trinajstić information content (AvgIpc) is 2.64. The van der Waals surface area contributed by atoms with Crippen molar-refractivity contribution < 1.29 is 9.31 Å². The second-order valence-corrected chi connectivity index (χ2v) is 6.51. The Labute approximate surface area is 128 Å². The second kappa shape index (κ2) is 5.91. The van der Waals surface area contributed by atoms with Crippen LogP contribution in [0.4, 0.5) is 0 Å². The van der Waals surface area contributed by atoms with E-state index in [9.17, 15) is 0 Å². The van der Waals surface area contributed by atoms with Gasteiger partial charge in [-0.1, -0.05) is 5.98 Å². The van der Waals surface area contributed by atoms with Crippen LogP contribution in [0.1, 0.15) is 51.9 Å². The van der Waals surface area contributed by atoms with Gasteiger partial charge in [-0.05, 0) is 65.4 Å². The molecular formula is C16H25BN2O2. The van der Waals surface area contributed by atoms with Crippen molar-refractivity contribution in [3.05, 3.63) is 35.6 Å². The van der Waals surface area contributed by atoms with Gasteiger partial charge >= 0.3 is 7.12 Å².